The average molecular weight is 390 g/mol. The lowest BCUT2D eigenvalue weighted by Gasteiger charge is -2.27. The van der Waals surface area contributed by atoms with Gasteiger partial charge in [-0.15, -0.1) is 0 Å². The van der Waals surface area contributed by atoms with E-state index in [1.165, 1.54) is 0 Å². The van der Waals surface area contributed by atoms with Crippen LogP contribution < -0.4 is 4.90 Å². The van der Waals surface area contributed by atoms with Crippen molar-refractivity contribution in [3.05, 3.63) is 60.0 Å². The molecule has 1 amide bonds. The van der Waals surface area contributed by atoms with Crippen LogP contribution in [0.1, 0.15) is 43.0 Å². The molecule has 1 N–H and O–H groups in total. The Morgan fingerprint density at radius 2 is 2.03 bits per heavy atom. The Bertz CT molecular complexity index is 984. The topological polar surface area (TPSA) is 78.0 Å². The molecule has 0 unspecified atom stereocenters. The number of aromatic amines is 1. The van der Waals surface area contributed by atoms with Crippen LogP contribution >= 0.6 is 0 Å². The van der Waals surface area contributed by atoms with Crippen molar-refractivity contribution in [2.75, 3.05) is 25.5 Å². The summed E-state index contributed by atoms with van der Waals surface area (Å²) in [5, 5.41) is 7.42. The maximum atomic E-state index is 13.3. The normalized spacial score (nSPS) is 17.3. The van der Waals surface area contributed by atoms with E-state index in [2.05, 4.69) is 20.2 Å². The summed E-state index contributed by atoms with van der Waals surface area (Å²) in [6.07, 6.45) is 5.43. The summed E-state index contributed by atoms with van der Waals surface area (Å²) in [4.78, 5) is 26.1. The second-order valence-corrected chi connectivity index (χ2v) is 7.66. The molecule has 1 aromatic carbocycles. The molecule has 2 atom stereocenters. The van der Waals surface area contributed by atoms with E-state index < -0.39 is 0 Å². The van der Waals surface area contributed by atoms with E-state index in [9.17, 15) is 4.79 Å². The van der Waals surface area contributed by atoms with Crippen molar-refractivity contribution in [3.8, 4) is 11.3 Å². The molecule has 29 heavy (non-hydrogen) atoms. The third kappa shape index (κ3) is 3.72. The largest absolute Gasteiger partial charge is 0.347 e. The number of H-pyrrole nitrogens is 1. The van der Waals surface area contributed by atoms with Gasteiger partial charge in [0.05, 0.1) is 29.5 Å². The van der Waals surface area contributed by atoms with Crippen LogP contribution in [0.4, 0.5) is 5.95 Å². The van der Waals surface area contributed by atoms with E-state index in [0.29, 0.717) is 5.95 Å². The fourth-order valence-corrected chi connectivity index (χ4v) is 3.93. The summed E-state index contributed by atoms with van der Waals surface area (Å²) in [6.45, 7) is 2.74. The molecule has 2 aromatic heterocycles. The zero-order valence-electron chi connectivity index (χ0n) is 17.0. The van der Waals surface area contributed by atoms with Crippen LogP contribution in [-0.4, -0.2) is 51.6 Å². The monoisotopic (exact) mass is 390 g/mol. The van der Waals surface area contributed by atoms with E-state index in [4.69, 9.17) is 0 Å². The number of likely N-dealkylation sites (tertiary alicyclic amines) is 1. The highest BCUT2D eigenvalue weighted by Crippen LogP contribution is 2.37. The number of rotatable bonds is 5. The number of hydrogen-bond acceptors (Lipinski definition) is 5. The fraction of sp³-hybridized carbons (Fsp3) is 0.364. The van der Waals surface area contributed by atoms with Crippen molar-refractivity contribution in [2.45, 2.75) is 31.7 Å². The van der Waals surface area contributed by atoms with Crippen molar-refractivity contribution in [1.29, 1.82) is 0 Å². The molecular formula is C22H26N6O. The van der Waals surface area contributed by atoms with Crippen molar-refractivity contribution >= 4 is 11.9 Å². The van der Waals surface area contributed by atoms with Crippen LogP contribution in [0, 0.1) is 0 Å². The molecule has 3 aromatic rings. The summed E-state index contributed by atoms with van der Waals surface area (Å²) in [5.41, 5.74) is 3.72. The standard InChI is InChI=1S/C22H26N6O/c1-15(16-8-5-4-6-9-16)21(29)28-13-7-10-19(28)20-17(14-24-26-20)18-11-12-23-22(25-18)27(2)3/h4-6,8-9,11-12,14-15,19H,7,10,13H2,1-3H3,(H,24,26)/t15-,19+/m0/s1. The molecule has 3 heterocycles. The number of benzene rings is 1. The minimum atomic E-state index is -0.178. The van der Waals surface area contributed by atoms with Gasteiger partial charge in [0.15, 0.2) is 0 Å². The quantitative estimate of drug-likeness (QED) is 0.722. The summed E-state index contributed by atoms with van der Waals surface area (Å²) in [5.74, 6) is 0.616. The van der Waals surface area contributed by atoms with Gasteiger partial charge < -0.3 is 9.80 Å². The highest BCUT2D eigenvalue weighted by molar-refractivity contribution is 5.84. The number of aromatic nitrogens is 4. The Hall–Kier alpha value is -3.22. The van der Waals surface area contributed by atoms with Crippen LogP contribution in [0.2, 0.25) is 0 Å². The third-order valence-electron chi connectivity index (χ3n) is 5.53. The zero-order valence-corrected chi connectivity index (χ0v) is 17.0. The summed E-state index contributed by atoms with van der Waals surface area (Å²) in [7, 11) is 3.83. The maximum absolute atomic E-state index is 13.3. The molecular weight excluding hydrogens is 364 g/mol. The van der Waals surface area contributed by atoms with Gasteiger partial charge >= 0.3 is 0 Å². The minimum absolute atomic E-state index is 0.0241. The Labute approximate surface area is 170 Å². The lowest BCUT2D eigenvalue weighted by atomic mass is 9.98. The van der Waals surface area contributed by atoms with Gasteiger partial charge in [0.25, 0.3) is 0 Å². The first kappa shape index (κ1) is 19.1. The second kappa shape index (κ2) is 8.03. The number of amides is 1. The first-order chi connectivity index (χ1) is 14.1. The van der Waals surface area contributed by atoms with Gasteiger partial charge in [0, 0.05) is 32.4 Å². The first-order valence-corrected chi connectivity index (χ1v) is 9.95. The summed E-state index contributed by atoms with van der Waals surface area (Å²) in [6, 6.07) is 11.8. The average Bonchev–Trinajstić information content (AvgIpc) is 3.42. The van der Waals surface area contributed by atoms with Crippen LogP contribution in [0.3, 0.4) is 0 Å². The van der Waals surface area contributed by atoms with Crippen LogP contribution in [0.15, 0.2) is 48.8 Å². The molecule has 1 fully saturated rings. The van der Waals surface area contributed by atoms with Gasteiger partial charge in [-0.25, -0.2) is 9.97 Å². The zero-order chi connectivity index (χ0) is 20.4. The molecule has 0 spiro atoms. The molecule has 7 nitrogen and oxygen atoms in total. The van der Waals surface area contributed by atoms with Crippen LogP contribution in [0.5, 0.6) is 0 Å². The predicted octanol–water partition coefficient (Wildman–Crippen LogP) is 3.40. The number of carbonyl (C=O) groups is 1. The fourth-order valence-electron chi connectivity index (χ4n) is 3.93. The van der Waals surface area contributed by atoms with Crippen molar-refractivity contribution in [3.63, 3.8) is 0 Å². The van der Waals surface area contributed by atoms with Gasteiger partial charge in [-0.1, -0.05) is 30.3 Å². The van der Waals surface area contributed by atoms with Crippen LogP contribution in [0.25, 0.3) is 11.3 Å². The van der Waals surface area contributed by atoms with Crippen molar-refractivity contribution < 1.29 is 4.79 Å². The SMILES string of the molecule is C[C@H](C(=O)N1CCC[C@@H]1c1[nH]ncc1-c1ccnc(N(C)C)n1)c1ccccc1. The maximum Gasteiger partial charge on any atom is 0.230 e. The van der Waals surface area contributed by atoms with Gasteiger partial charge in [0.2, 0.25) is 11.9 Å². The van der Waals surface area contributed by atoms with E-state index in [1.807, 2.05) is 67.2 Å². The minimum Gasteiger partial charge on any atom is -0.347 e. The van der Waals surface area contributed by atoms with Gasteiger partial charge in [-0.05, 0) is 31.4 Å². The lowest BCUT2D eigenvalue weighted by molar-refractivity contribution is -0.133. The first-order valence-electron chi connectivity index (χ1n) is 9.95. The Kier molecular flexibility index (Phi) is 5.29. The lowest BCUT2D eigenvalue weighted by Crippen LogP contribution is -2.34. The van der Waals surface area contributed by atoms with Gasteiger partial charge in [0.1, 0.15) is 0 Å². The van der Waals surface area contributed by atoms with Gasteiger partial charge in [-0.2, -0.15) is 5.10 Å². The number of carbonyl (C=O) groups excluding carboxylic acids is 1. The molecule has 1 aliphatic rings. The highest BCUT2D eigenvalue weighted by Gasteiger charge is 2.35. The molecule has 0 aliphatic carbocycles. The highest BCUT2D eigenvalue weighted by atomic mass is 16.2. The van der Waals surface area contributed by atoms with Crippen molar-refractivity contribution in [2.24, 2.45) is 0 Å². The number of nitrogens with zero attached hydrogens (tertiary/aromatic N) is 5. The molecule has 0 bridgehead atoms. The third-order valence-corrected chi connectivity index (χ3v) is 5.53. The predicted molar refractivity (Wildman–Crippen MR) is 112 cm³/mol. The Morgan fingerprint density at radius 3 is 2.79 bits per heavy atom. The van der Waals surface area contributed by atoms with E-state index >= 15 is 0 Å². The second-order valence-electron chi connectivity index (χ2n) is 7.66. The Morgan fingerprint density at radius 1 is 1.24 bits per heavy atom. The Balaban J connectivity index is 1.63. The molecule has 1 aliphatic heterocycles. The number of nitrogens with one attached hydrogen (secondary N) is 1. The molecule has 7 heteroatoms. The van der Waals surface area contributed by atoms with Crippen molar-refractivity contribution in [1.82, 2.24) is 25.1 Å². The van der Waals surface area contributed by atoms with E-state index in [1.54, 1.807) is 12.4 Å². The summed E-state index contributed by atoms with van der Waals surface area (Å²) >= 11 is 0. The molecule has 4 rings (SSSR count). The number of anilines is 1. The molecule has 0 saturated carbocycles. The molecule has 1 saturated heterocycles. The van der Waals surface area contributed by atoms with Gasteiger partial charge in [-0.3, -0.25) is 9.89 Å². The molecule has 0 radical (unpaired) electrons. The number of hydrogen-bond donors (Lipinski definition) is 1. The van der Waals surface area contributed by atoms with E-state index in [-0.39, 0.29) is 17.9 Å². The summed E-state index contributed by atoms with van der Waals surface area (Å²) < 4.78 is 0. The molecule has 150 valence electrons. The smallest absolute Gasteiger partial charge is 0.230 e. The van der Waals surface area contributed by atoms with E-state index in [0.717, 1.165) is 41.9 Å². The van der Waals surface area contributed by atoms with Crippen LogP contribution in [-0.2, 0) is 4.79 Å².